The Hall–Kier alpha value is -4.12. The van der Waals surface area contributed by atoms with Crippen LogP contribution >= 0.6 is 0 Å². The number of carboxylic acids is 2. The van der Waals surface area contributed by atoms with Gasteiger partial charge in [-0.25, -0.2) is 9.59 Å². The number of nitrogens with zero attached hydrogens (tertiary/aromatic N) is 2. The number of pyridine rings is 1. The minimum absolute atomic E-state index is 0.0885. The van der Waals surface area contributed by atoms with E-state index in [9.17, 15) is 14.7 Å². The number of hydrogen-bond acceptors (Lipinski definition) is 9. The zero-order chi connectivity index (χ0) is 27.8. The summed E-state index contributed by atoms with van der Waals surface area (Å²) in [6, 6.07) is 7.84. The van der Waals surface area contributed by atoms with Gasteiger partial charge in [-0.05, 0) is 49.9 Å². The third-order valence-corrected chi connectivity index (χ3v) is 6.23. The number of fused-ring (bicyclic) bond motifs is 3. The first-order valence-corrected chi connectivity index (χ1v) is 12.1. The van der Waals surface area contributed by atoms with Crippen molar-refractivity contribution in [2.75, 3.05) is 27.9 Å². The molecule has 0 radical (unpaired) electrons. The maximum absolute atomic E-state index is 10.3. The third-order valence-electron chi connectivity index (χ3n) is 6.23. The molecule has 1 aliphatic carbocycles. The number of aromatic nitrogens is 1. The molecule has 4 rings (SSSR count). The van der Waals surface area contributed by atoms with Crippen molar-refractivity contribution < 1.29 is 43.9 Å². The van der Waals surface area contributed by atoms with Crippen molar-refractivity contribution in [2.24, 2.45) is 4.99 Å². The van der Waals surface area contributed by atoms with Crippen molar-refractivity contribution in [3.05, 3.63) is 53.1 Å². The van der Waals surface area contributed by atoms with Crippen LogP contribution in [0.1, 0.15) is 48.8 Å². The largest absolute Gasteiger partial charge is 0.493 e. The number of benzene rings is 1. The maximum Gasteiger partial charge on any atom is 0.328 e. The number of aliphatic carboxylic acids is 2. The molecule has 3 N–H and O–H groups in total. The smallest absolute Gasteiger partial charge is 0.328 e. The molecule has 0 saturated heterocycles. The van der Waals surface area contributed by atoms with Gasteiger partial charge in [0.2, 0.25) is 11.8 Å². The monoisotopic (exact) mass is 528 g/mol. The second kappa shape index (κ2) is 12.9. The van der Waals surface area contributed by atoms with E-state index in [0.717, 1.165) is 35.2 Å². The summed E-state index contributed by atoms with van der Waals surface area (Å²) in [5.74, 6) is -0.0804. The van der Waals surface area contributed by atoms with Crippen LogP contribution in [0.3, 0.4) is 0 Å². The first kappa shape index (κ1) is 28.5. The highest BCUT2D eigenvalue weighted by Gasteiger charge is 2.38. The zero-order valence-electron chi connectivity index (χ0n) is 21.7. The van der Waals surface area contributed by atoms with Crippen LogP contribution in [0.5, 0.6) is 23.3 Å². The molecule has 3 atom stereocenters. The standard InChI is InChI=1S/C23H28N2O5.C4H4O4/c1-5-30-20-11-15-16-10-13(26)6-8-18(16)24-22(17(15)12-19(20)27-2)14-7-9-21(28-3)25-23(14)29-4;5-3(6)1-2-4(7)8/h7,9,11-13,16,18,26H,5-6,8,10H2,1-4H3;1-2H,(H,5,6)(H,7,8)/b;2-1+/t13-,16-,18-;/m1./s1. The maximum atomic E-state index is 10.3. The molecular weight excluding hydrogens is 496 g/mol. The van der Waals surface area contributed by atoms with Crippen LogP contribution in [-0.2, 0) is 9.59 Å². The van der Waals surface area contributed by atoms with Gasteiger partial charge in [0.15, 0.2) is 11.5 Å². The summed E-state index contributed by atoms with van der Waals surface area (Å²) in [5, 5.41) is 25.9. The zero-order valence-corrected chi connectivity index (χ0v) is 21.7. The van der Waals surface area contributed by atoms with Gasteiger partial charge in [-0.15, -0.1) is 0 Å². The molecule has 2 heterocycles. The first-order chi connectivity index (χ1) is 18.2. The van der Waals surface area contributed by atoms with Crippen LogP contribution in [0.2, 0.25) is 0 Å². The second-order valence-corrected chi connectivity index (χ2v) is 8.56. The van der Waals surface area contributed by atoms with Crippen molar-refractivity contribution in [1.82, 2.24) is 4.98 Å². The number of aliphatic imine (C=N–C) groups is 1. The van der Waals surface area contributed by atoms with Gasteiger partial charge >= 0.3 is 11.9 Å². The fourth-order valence-corrected chi connectivity index (χ4v) is 4.60. The Morgan fingerprint density at radius 3 is 2.26 bits per heavy atom. The fourth-order valence-electron chi connectivity index (χ4n) is 4.60. The normalized spacial score (nSPS) is 19.7. The molecule has 1 saturated carbocycles. The van der Waals surface area contributed by atoms with Gasteiger partial charge in [0.25, 0.3) is 0 Å². The van der Waals surface area contributed by atoms with Crippen LogP contribution in [0, 0.1) is 0 Å². The van der Waals surface area contributed by atoms with E-state index in [4.69, 9.17) is 34.2 Å². The summed E-state index contributed by atoms with van der Waals surface area (Å²) in [7, 11) is 4.80. The minimum Gasteiger partial charge on any atom is -0.493 e. The van der Waals surface area contributed by atoms with Gasteiger partial charge in [0.05, 0.1) is 51.4 Å². The Kier molecular flexibility index (Phi) is 9.66. The molecule has 204 valence electrons. The Balaban J connectivity index is 0.000000436. The van der Waals surface area contributed by atoms with E-state index in [1.807, 2.05) is 31.2 Å². The van der Waals surface area contributed by atoms with E-state index in [1.54, 1.807) is 21.3 Å². The molecule has 11 heteroatoms. The highest BCUT2D eigenvalue weighted by molar-refractivity contribution is 6.16. The van der Waals surface area contributed by atoms with Crippen LogP contribution in [0.25, 0.3) is 0 Å². The summed E-state index contributed by atoms with van der Waals surface area (Å²) < 4.78 is 22.2. The molecule has 2 aliphatic rings. The Morgan fingerprint density at radius 1 is 0.974 bits per heavy atom. The first-order valence-electron chi connectivity index (χ1n) is 12.1. The molecule has 1 fully saturated rings. The van der Waals surface area contributed by atoms with E-state index >= 15 is 0 Å². The van der Waals surface area contributed by atoms with Gasteiger partial charge in [0, 0.05) is 29.7 Å². The van der Waals surface area contributed by atoms with Gasteiger partial charge in [-0.1, -0.05) is 0 Å². The summed E-state index contributed by atoms with van der Waals surface area (Å²) in [6.07, 6.45) is 3.07. The number of methoxy groups -OCH3 is 3. The Labute approximate surface area is 220 Å². The van der Waals surface area contributed by atoms with Crippen molar-refractivity contribution in [2.45, 2.75) is 44.2 Å². The summed E-state index contributed by atoms with van der Waals surface area (Å²) in [4.78, 5) is 28.7. The average Bonchev–Trinajstić information content (AvgIpc) is 2.91. The molecular formula is C27H32N2O9. The predicted molar refractivity (Wildman–Crippen MR) is 138 cm³/mol. The highest BCUT2D eigenvalue weighted by atomic mass is 16.5. The van der Waals surface area contributed by atoms with Crippen LogP contribution in [0.15, 0.2) is 41.4 Å². The number of rotatable bonds is 8. The molecule has 0 bridgehead atoms. The van der Waals surface area contributed by atoms with Crippen molar-refractivity contribution in [3.63, 3.8) is 0 Å². The lowest BCUT2D eigenvalue weighted by Gasteiger charge is -2.37. The SMILES string of the molecule is CCOc1cc2c(cc1OC)C(c1ccc(OC)nc1OC)=N[C@@H]1CC[C@@H](O)C[C@H]21.O=C(O)/C=C/C(=O)O. The van der Waals surface area contributed by atoms with E-state index in [1.165, 1.54) is 0 Å². The molecule has 1 aromatic carbocycles. The molecule has 2 aromatic rings. The van der Waals surface area contributed by atoms with Gasteiger partial charge in [-0.2, -0.15) is 4.98 Å². The van der Waals surface area contributed by atoms with Crippen LogP contribution < -0.4 is 18.9 Å². The molecule has 0 spiro atoms. The van der Waals surface area contributed by atoms with Gasteiger partial charge in [0.1, 0.15) is 0 Å². The summed E-state index contributed by atoms with van der Waals surface area (Å²) in [5.41, 5.74) is 3.69. The van der Waals surface area contributed by atoms with Gasteiger partial charge in [-0.3, -0.25) is 4.99 Å². The Morgan fingerprint density at radius 2 is 1.68 bits per heavy atom. The lowest BCUT2D eigenvalue weighted by atomic mass is 9.74. The lowest BCUT2D eigenvalue weighted by Crippen LogP contribution is -2.34. The number of carboxylic acid groups (broad SMARTS) is 2. The average molecular weight is 529 g/mol. The lowest BCUT2D eigenvalue weighted by molar-refractivity contribution is -0.134. The molecule has 0 unspecified atom stereocenters. The highest BCUT2D eigenvalue weighted by Crippen LogP contribution is 2.45. The van der Waals surface area contributed by atoms with Crippen LogP contribution in [0.4, 0.5) is 0 Å². The van der Waals surface area contributed by atoms with E-state index < -0.39 is 11.9 Å². The Bertz CT molecular complexity index is 1210. The molecule has 0 amide bonds. The number of aliphatic hydroxyl groups is 1. The minimum atomic E-state index is -1.26. The summed E-state index contributed by atoms with van der Waals surface area (Å²) in [6.45, 7) is 2.50. The van der Waals surface area contributed by atoms with E-state index in [-0.39, 0.29) is 18.1 Å². The van der Waals surface area contributed by atoms with Crippen molar-refractivity contribution >= 4 is 17.7 Å². The predicted octanol–water partition coefficient (Wildman–Crippen LogP) is 3.07. The number of hydrogen-bond donors (Lipinski definition) is 3. The van der Waals surface area contributed by atoms with E-state index in [2.05, 4.69) is 4.98 Å². The van der Waals surface area contributed by atoms with Crippen molar-refractivity contribution in [1.29, 1.82) is 0 Å². The summed E-state index contributed by atoms with van der Waals surface area (Å²) >= 11 is 0. The number of ether oxygens (including phenoxy) is 4. The number of carbonyl (C=O) groups is 2. The molecule has 1 aliphatic heterocycles. The quantitative estimate of drug-likeness (QED) is 0.435. The van der Waals surface area contributed by atoms with Gasteiger partial charge < -0.3 is 34.3 Å². The third kappa shape index (κ3) is 6.60. The number of aliphatic hydroxyl groups excluding tert-OH is 1. The van der Waals surface area contributed by atoms with Crippen LogP contribution in [-0.4, -0.2) is 78.0 Å². The van der Waals surface area contributed by atoms with Crippen molar-refractivity contribution in [3.8, 4) is 23.3 Å². The fraction of sp³-hybridized carbons (Fsp3) is 0.407. The molecule has 1 aromatic heterocycles. The van der Waals surface area contributed by atoms with E-state index in [0.29, 0.717) is 48.4 Å². The molecule has 11 nitrogen and oxygen atoms in total. The topological polar surface area (TPSA) is 157 Å². The molecule has 38 heavy (non-hydrogen) atoms. The second-order valence-electron chi connectivity index (χ2n) is 8.56.